The number of allylic oxidation sites excluding steroid dienone is 1. The molecule has 0 radical (unpaired) electrons. The largest absolute Gasteiger partial charge is 0.457 e. The average Bonchev–Trinajstić information content (AvgIpc) is 2.92. The van der Waals surface area contributed by atoms with E-state index in [0.29, 0.717) is 6.73 Å². The predicted octanol–water partition coefficient (Wildman–Crippen LogP) is 5.02. The van der Waals surface area contributed by atoms with Crippen molar-refractivity contribution in [1.29, 1.82) is 0 Å². The third-order valence-corrected chi connectivity index (χ3v) is 6.88. The van der Waals surface area contributed by atoms with Gasteiger partial charge in [0.25, 0.3) is 0 Å². The van der Waals surface area contributed by atoms with Gasteiger partial charge < -0.3 is 9.47 Å². The zero-order valence-electron chi connectivity index (χ0n) is 19.0. The van der Waals surface area contributed by atoms with Crippen LogP contribution in [0.25, 0.3) is 5.57 Å². The lowest BCUT2D eigenvalue weighted by atomic mass is 10.1. The molecule has 0 N–H and O–H groups in total. The highest BCUT2D eigenvalue weighted by Gasteiger charge is 2.16. The summed E-state index contributed by atoms with van der Waals surface area (Å²) in [7, 11) is -0.536. The first kappa shape index (κ1) is 25.7. The molecule has 0 atom stereocenters. The van der Waals surface area contributed by atoms with Crippen molar-refractivity contribution in [2.24, 2.45) is 0 Å². The standard InChI is InChI=1S/C19H34N2O3S.C2H6/c1-9-25(7,8)11-10-23-14-21-16(3)17(13-20-21)15(2)12-18(22)24-19(4,5)6;1-2/h12-13H,9-11,14H2,1-8H3;1-2H3/b15-12+;. The maximum absolute atomic E-state index is 11.9. The van der Waals surface area contributed by atoms with Crippen molar-refractivity contribution in [3.05, 3.63) is 23.5 Å². The minimum atomic E-state index is -0.536. The summed E-state index contributed by atoms with van der Waals surface area (Å²) in [4.78, 5) is 11.9. The Kier molecular flexibility index (Phi) is 11.0. The molecule has 0 aliphatic heterocycles. The van der Waals surface area contributed by atoms with E-state index in [4.69, 9.17) is 9.47 Å². The highest BCUT2D eigenvalue weighted by Crippen LogP contribution is 2.38. The molecule has 1 heterocycles. The molecule has 0 aromatic carbocycles. The number of nitrogens with zero attached hydrogens (tertiary/aromatic N) is 2. The molecule has 0 amide bonds. The van der Waals surface area contributed by atoms with E-state index in [9.17, 15) is 4.79 Å². The van der Waals surface area contributed by atoms with E-state index < -0.39 is 15.6 Å². The highest BCUT2D eigenvalue weighted by molar-refractivity contribution is 8.32. The molecule has 158 valence electrons. The summed E-state index contributed by atoms with van der Waals surface area (Å²) in [5, 5.41) is 4.38. The molecule has 0 spiro atoms. The summed E-state index contributed by atoms with van der Waals surface area (Å²) in [5.74, 6) is 1.99. The van der Waals surface area contributed by atoms with Gasteiger partial charge in [0.05, 0.1) is 12.8 Å². The van der Waals surface area contributed by atoms with Gasteiger partial charge in [0, 0.05) is 23.1 Å². The fourth-order valence-corrected chi connectivity index (χ4v) is 2.99. The molecular formula is C21H40N2O3S. The second-order valence-electron chi connectivity index (χ2n) is 7.80. The van der Waals surface area contributed by atoms with Gasteiger partial charge in [-0.25, -0.2) is 19.5 Å². The number of carbonyl (C=O) groups excluding carboxylic acids is 1. The Morgan fingerprint density at radius 3 is 2.41 bits per heavy atom. The number of esters is 1. The first-order chi connectivity index (χ1) is 12.4. The third kappa shape index (κ3) is 10.0. The van der Waals surface area contributed by atoms with E-state index in [2.05, 4.69) is 24.5 Å². The van der Waals surface area contributed by atoms with Gasteiger partial charge in [-0.15, -0.1) is 0 Å². The van der Waals surface area contributed by atoms with Crippen LogP contribution in [0.1, 0.15) is 59.7 Å². The lowest BCUT2D eigenvalue weighted by Gasteiger charge is -2.29. The minimum absolute atomic E-state index is 0.335. The van der Waals surface area contributed by atoms with Crippen LogP contribution in [0.15, 0.2) is 12.3 Å². The molecule has 0 unspecified atom stereocenters. The Morgan fingerprint density at radius 2 is 1.89 bits per heavy atom. The molecule has 6 heteroatoms. The Hall–Kier alpha value is -1.27. The SMILES string of the molecule is CC.CCS(C)(C)CCOCn1ncc(/C(C)=C/C(=O)OC(C)(C)C)c1C. The van der Waals surface area contributed by atoms with E-state index in [-0.39, 0.29) is 5.97 Å². The van der Waals surface area contributed by atoms with Gasteiger partial charge >= 0.3 is 5.97 Å². The molecule has 1 rings (SSSR count). The number of ether oxygens (including phenoxy) is 2. The van der Waals surface area contributed by atoms with Gasteiger partial charge in [-0.05, 0) is 58.5 Å². The topological polar surface area (TPSA) is 53.4 Å². The Bertz CT molecular complexity index is 613. The molecular weight excluding hydrogens is 360 g/mol. The van der Waals surface area contributed by atoms with Gasteiger partial charge in [-0.2, -0.15) is 5.10 Å². The van der Waals surface area contributed by atoms with Crippen LogP contribution in [0.3, 0.4) is 0 Å². The van der Waals surface area contributed by atoms with E-state index in [0.717, 1.165) is 29.2 Å². The van der Waals surface area contributed by atoms with Gasteiger partial charge in [-0.3, -0.25) is 0 Å². The van der Waals surface area contributed by atoms with Crippen molar-refractivity contribution in [3.63, 3.8) is 0 Å². The van der Waals surface area contributed by atoms with Crippen molar-refractivity contribution in [2.45, 2.75) is 67.7 Å². The number of aromatic nitrogens is 2. The quantitative estimate of drug-likeness (QED) is 0.349. The minimum Gasteiger partial charge on any atom is -0.457 e. The first-order valence-electron chi connectivity index (χ1n) is 9.65. The van der Waals surface area contributed by atoms with Crippen molar-refractivity contribution in [2.75, 3.05) is 30.6 Å². The molecule has 1 aromatic rings. The van der Waals surface area contributed by atoms with E-state index in [1.165, 1.54) is 11.8 Å². The smallest absolute Gasteiger partial charge is 0.331 e. The number of hydrogen-bond acceptors (Lipinski definition) is 4. The van der Waals surface area contributed by atoms with Gasteiger partial charge in [0.1, 0.15) is 12.3 Å². The normalized spacial score (nSPS) is 13.0. The Morgan fingerprint density at radius 1 is 1.30 bits per heavy atom. The number of rotatable bonds is 8. The van der Waals surface area contributed by atoms with Gasteiger partial charge in [0.2, 0.25) is 0 Å². The Labute approximate surface area is 167 Å². The molecule has 0 aliphatic rings. The third-order valence-electron chi connectivity index (χ3n) is 4.04. The van der Waals surface area contributed by atoms with Crippen LogP contribution < -0.4 is 0 Å². The summed E-state index contributed by atoms with van der Waals surface area (Å²) in [5.41, 5.74) is 2.28. The molecule has 0 saturated carbocycles. The van der Waals surface area contributed by atoms with Crippen molar-refractivity contribution < 1.29 is 14.3 Å². The summed E-state index contributed by atoms with van der Waals surface area (Å²) in [6, 6.07) is 0. The molecule has 0 aliphatic carbocycles. The van der Waals surface area contributed by atoms with E-state index in [1.807, 2.05) is 53.1 Å². The van der Waals surface area contributed by atoms with Gasteiger partial charge in [0.15, 0.2) is 0 Å². The lowest BCUT2D eigenvalue weighted by Crippen LogP contribution is -2.22. The highest BCUT2D eigenvalue weighted by atomic mass is 32.3. The van der Waals surface area contributed by atoms with Crippen LogP contribution in [0.5, 0.6) is 0 Å². The van der Waals surface area contributed by atoms with Crippen LogP contribution in [-0.4, -0.2) is 52.0 Å². The molecule has 27 heavy (non-hydrogen) atoms. The lowest BCUT2D eigenvalue weighted by molar-refractivity contribution is -0.148. The fraction of sp³-hybridized carbons (Fsp3) is 0.714. The fourth-order valence-electron chi connectivity index (χ4n) is 2.13. The maximum Gasteiger partial charge on any atom is 0.331 e. The summed E-state index contributed by atoms with van der Waals surface area (Å²) >= 11 is 0. The van der Waals surface area contributed by atoms with E-state index in [1.54, 1.807) is 6.20 Å². The van der Waals surface area contributed by atoms with Crippen molar-refractivity contribution in [3.8, 4) is 0 Å². The molecule has 0 bridgehead atoms. The van der Waals surface area contributed by atoms with Crippen LogP contribution in [0.2, 0.25) is 0 Å². The second-order valence-corrected chi connectivity index (χ2v) is 12.3. The van der Waals surface area contributed by atoms with E-state index >= 15 is 0 Å². The zero-order valence-corrected chi connectivity index (χ0v) is 19.8. The zero-order chi connectivity index (χ0) is 21.3. The molecule has 0 fully saturated rings. The Balaban J connectivity index is 0.00000326. The second kappa shape index (κ2) is 11.5. The molecule has 0 saturated heterocycles. The number of hydrogen-bond donors (Lipinski definition) is 0. The average molecular weight is 401 g/mol. The van der Waals surface area contributed by atoms with Crippen LogP contribution in [-0.2, 0) is 21.0 Å². The number of carbonyl (C=O) groups is 1. The summed E-state index contributed by atoms with van der Waals surface area (Å²) in [6.07, 6.45) is 7.96. The summed E-state index contributed by atoms with van der Waals surface area (Å²) in [6.45, 7) is 16.9. The maximum atomic E-state index is 11.9. The van der Waals surface area contributed by atoms with Crippen LogP contribution in [0, 0.1) is 6.92 Å². The van der Waals surface area contributed by atoms with Gasteiger partial charge in [-0.1, -0.05) is 20.8 Å². The monoisotopic (exact) mass is 400 g/mol. The van der Waals surface area contributed by atoms with Crippen LogP contribution >= 0.6 is 10.0 Å². The predicted molar refractivity (Wildman–Crippen MR) is 119 cm³/mol. The first-order valence-corrected chi connectivity index (χ1v) is 12.4. The molecule has 1 aromatic heterocycles. The summed E-state index contributed by atoms with van der Waals surface area (Å²) < 4.78 is 13.0. The molecule has 5 nitrogen and oxygen atoms in total. The van der Waals surface area contributed by atoms with Crippen LogP contribution in [0.4, 0.5) is 0 Å². The van der Waals surface area contributed by atoms with Crippen molar-refractivity contribution >= 4 is 21.6 Å². The van der Waals surface area contributed by atoms with Crippen molar-refractivity contribution in [1.82, 2.24) is 9.78 Å².